The Balaban J connectivity index is 1.67. The molecular weight excluding hydrogens is 426 g/mol. The van der Waals surface area contributed by atoms with E-state index in [0.29, 0.717) is 34.8 Å². The summed E-state index contributed by atoms with van der Waals surface area (Å²) in [6.07, 6.45) is 2.39. The first-order chi connectivity index (χ1) is 15.1. The van der Waals surface area contributed by atoms with Crippen LogP contribution >= 0.6 is 11.8 Å². The number of benzene rings is 2. The normalized spacial score (nSPS) is 13.4. The van der Waals surface area contributed by atoms with Gasteiger partial charge >= 0.3 is 5.97 Å². The van der Waals surface area contributed by atoms with Crippen LogP contribution in [0, 0.1) is 5.41 Å². The lowest BCUT2D eigenvalue weighted by atomic mass is 9.96. The summed E-state index contributed by atoms with van der Waals surface area (Å²) < 4.78 is 5.31. The molecule has 1 aliphatic rings. The van der Waals surface area contributed by atoms with Gasteiger partial charge in [-0.25, -0.2) is 0 Å². The van der Waals surface area contributed by atoms with Crippen molar-refractivity contribution in [1.29, 1.82) is 5.41 Å². The lowest BCUT2D eigenvalue weighted by molar-refractivity contribution is -0.155. The predicted molar refractivity (Wildman–Crippen MR) is 127 cm³/mol. The summed E-state index contributed by atoms with van der Waals surface area (Å²) >= 11 is 1.35. The zero-order valence-corrected chi connectivity index (χ0v) is 19.5. The zero-order valence-electron chi connectivity index (χ0n) is 18.7. The van der Waals surface area contributed by atoms with Crippen molar-refractivity contribution in [3.05, 3.63) is 64.7 Å². The van der Waals surface area contributed by atoms with E-state index in [-0.39, 0.29) is 18.4 Å². The fraction of sp³-hybridized carbons (Fsp3) is 0.333. The molecule has 0 saturated heterocycles. The van der Waals surface area contributed by atoms with Gasteiger partial charge < -0.3 is 15.0 Å². The Labute approximate surface area is 192 Å². The van der Waals surface area contributed by atoms with Crippen LogP contribution < -0.4 is 5.32 Å². The molecule has 0 atom stereocenters. The van der Waals surface area contributed by atoms with E-state index < -0.39 is 11.6 Å². The summed E-state index contributed by atoms with van der Waals surface area (Å²) in [5.74, 6) is -0.955. The maximum absolute atomic E-state index is 12.8. The smallest absolute Gasteiger partial charge is 0.326 e. The molecule has 0 aliphatic carbocycles. The van der Waals surface area contributed by atoms with Gasteiger partial charge in [0, 0.05) is 28.9 Å². The summed E-state index contributed by atoms with van der Waals surface area (Å²) in [7, 11) is 0. The van der Waals surface area contributed by atoms with Gasteiger partial charge in [0.2, 0.25) is 0 Å². The monoisotopic (exact) mass is 453 g/mol. The fourth-order valence-corrected chi connectivity index (χ4v) is 3.76. The largest absolute Gasteiger partial charge is 0.459 e. The van der Waals surface area contributed by atoms with Crippen LogP contribution in [0.2, 0.25) is 0 Å². The van der Waals surface area contributed by atoms with E-state index >= 15 is 0 Å². The Kier molecular flexibility index (Phi) is 7.03. The SMILES string of the molecule is CSC(=N)c1ccc(NC(=O)c2ccc3c(c2)CCN(CC(=O)OC(C)(C)C)C3=O)cc1. The van der Waals surface area contributed by atoms with Crippen molar-refractivity contribution in [3.63, 3.8) is 0 Å². The quantitative estimate of drug-likeness (QED) is 0.405. The minimum atomic E-state index is -0.604. The van der Waals surface area contributed by atoms with Crippen LogP contribution in [0.4, 0.5) is 5.69 Å². The molecule has 1 aliphatic heterocycles. The van der Waals surface area contributed by atoms with Gasteiger partial charge in [-0.1, -0.05) is 12.1 Å². The molecule has 0 unspecified atom stereocenters. The predicted octanol–water partition coefficient (Wildman–Crippen LogP) is 3.97. The highest BCUT2D eigenvalue weighted by atomic mass is 32.2. The van der Waals surface area contributed by atoms with Gasteiger partial charge in [-0.05, 0) is 69.3 Å². The Hall–Kier alpha value is -3.13. The molecule has 0 spiro atoms. The number of esters is 1. The number of carbonyl (C=O) groups excluding carboxylic acids is 3. The molecule has 0 fully saturated rings. The number of hydrogen-bond donors (Lipinski definition) is 2. The molecule has 0 saturated carbocycles. The number of carbonyl (C=O) groups is 3. The summed E-state index contributed by atoms with van der Waals surface area (Å²) in [6, 6.07) is 12.1. The van der Waals surface area contributed by atoms with Gasteiger partial charge in [0.15, 0.2) is 0 Å². The Morgan fingerprint density at radius 1 is 1.12 bits per heavy atom. The van der Waals surface area contributed by atoms with E-state index in [9.17, 15) is 14.4 Å². The topological polar surface area (TPSA) is 99.6 Å². The van der Waals surface area contributed by atoms with E-state index in [0.717, 1.165) is 11.1 Å². The summed E-state index contributed by atoms with van der Waals surface area (Å²) in [4.78, 5) is 39.1. The molecule has 2 aromatic carbocycles. The summed E-state index contributed by atoms with van der Waals surface area (Å²) in [5, 5.41) is 11.1. The molecule has 0 bridgehead atoms. The Morgan fingerprint density at radius 2 is 1.78 bits per heavy atom. The zero-order chi connectivity index (χ0) is 23.5. The molecule has 3 rings (SSSR count). The van der Waals surface area contributed by atoms with Crippen LogP contribution in [0.1, 0.15) is 52.6 Å². The molecule has 1 heterocycles. The molecule has 2 N–H and O–H groups in total. The third-order valence-electron chi connectivity index (χ3n) is 4.89. The number of nitrogens with one attached hydrogen (secondary N) is 2. The fourth-order valence-electron chi connectivity index (χ4n) is 3.38. The molecule has 0 radical (unpaired) electrons. The van der Waals surface area contributed by atoms with Crippen molar-refractivity contribution < 1.29 is 19.1 Å². The van der Waals surface area contributed by atoms with Gasteiger partial charge in [0.1, 0.15) is 12.1 Å². The lowest BCUT2D eigenvalue weighted by Gasteiger charge is -2.29. The number of fused-ring (bicyclic) bond motifs is 1. The van der Waals surface area contributed by atoms with Crippen molar-refractivity contribution in [2.24, 2.45) is 0 Å². The Morgan fingerprint density at radius 3 is 2.41 bits per heavy atom. The number of anilines is 1. The first kappa shape index (κ1) is 23.5. The van der Waals surface area contributed by atoms with E-state index in [1.165, 1.54) is 16.7 Å². The molecule has 0 aromatic heterocycles. The van der Waals surface area contributed by atoms with Gasteiger partial charge in [-0.3, -0.25) is 19.8 Å². The van der Waals surface area contributed by atoms with Crippen LogP contribution in [-0.4, -0.2) is 52.7 Å². The molecule has 32 heavy (non-hydrogen) atoms. The van der Waals surface area contributed by atoms with E-state index in [1.807, 2.05) is 6.26 Å². The highest BCUT2D eigenvalue weighted by Crippen LogP contribution is 2.22. The van der Waals surface area contributed by atoms with Crippen LogP contribution in [0.15, 0.2) is 42.5 Å². The highest BCUT2D eigenvalue weighted by Gasteiger charge is 2.28. The highest BCUT2D eigenvalue weighted by molar-refractivity contribution is 8.13. The molecule has 2 amide bonds. The maximum Gasteiger partial charge on any atom is 0.326 e. The number of rotatable bonds is 5. The molecular formula is C24H27N3O4S. The number of ether oxygens (including phenoxy) is 1. The lowest BCUT2D eigenvalue weighted by Crippen LogP contribution is -2.42. The van der Waals surface area contributed by atoms with Crippen LogP contribution in [0.3, 0.4) is 0 Å². The van der Waals surface area contributed by atoms with Gasteiger partial charge in [-0.15, -0.1) is 11.8 Å². The number of thioether (sulfide) groups is 1. The van der Waals surface area contributed by atoms with Gasteiger partial charge in [0.25, 0.3) is 11.8 Å². The van der Waals surface area contributed by atoms with Crippen molar-refractivity contribution in [2.75, 3.05) is 24.7 Å². The molecule has 2 aromatic rings. The van der Waals surface area contributed by atoms with Crippen LogP contribution in [0.5, 0.6) is 0 Å². The average Bonchev–Trinajstić information content (AvgIpc) is 2.74. The third kappa shape index (κ3) is 5.76. The Bertz CT molecular complexity index is 1060. The second kappa shape index (κ2) is 9.56. The number of nitrogens with zero attached hydrogens (tertiary/aromatic N) is 1. The minimum Gasteiger partial charge on any atom is -0.459 e. The van der Waals surface area contributed by atoms with E-state index in [4.69, 9.17) is 10.1 Å². The van der Waals surface area contributed by atoms with Gasteiger partial charge in [0.05, 0.1) is 5.04 Å². The van der Waals surface area contributed by atoms with Crippen molar-refractivity contribution in [3.8, 4) is 0 Å². The second-order valence-corrected chi connectivity index (χ2v) is 9.32. The maximum atomic E-state index is 12.8. The van der Waals surface area contributed by atoms with Gasteiger partial charge in [-0.2, -0.15) is 0 Å². The molecule has 8 heteroatoms. The van der Waals surface area contributed by atoms with E-state index in [1.54, 1.807) is 63.2 Å². The third-order valence-corrected chi connectivity index (χ3v) is 5.53. The summed E-state index contributed by atoms with van der Waals surface area (Å²) in [6.45, 7) is 5.65. The number of amides is 2. The van der Waals surface area contributed by atoms with Crippen molar-refractivity contribution in [2.45, 2.75) is 32.8 Å². The van der Waals surface area contributed by atoms with Crippen LogP contribution in [-0.2, 0) is 16.0 Å². The van der Waals surface area contributed by atoms with Crippen LogP contribution in [0.25, 0.3) is 0 Å². The molecule has 168 valence electrons. The van der Waals surface area contributed by atoms with Crippen molar-refractivity contribution >= 4 is 40.3 Å². The minimum absolute atomic E-state index is 0.0955. The first-order valence-electron chi connectivity index (χ1n) is 10.3. The van der Waals surface area contributed by atoms with Crippen molar-refractivity contribution in [1.82, 2.24) is 4.90 Å². The number of hydrogen-bond acceptors (Lipinski definition) is 6. The summed E-state index contributed by atoms with van der Waals surface area (Å²) in [5.41, 5.74) is 2.55. The second-order valence-electron chi connectivity index (χ2n) is 8.50. The molecule has 7 nitrogen and oxygen atoms in total. The standard InChI is InChI=1S/C24H27N3O4S/c1-24(2,3)31-20(28)14-27-12-11-16-13-17(7-10-19(16)23(27)30)22(29)26-18-8-5-15(6-9-18)21(25)32-4/h5-10,13,25H,11-12,14H2,1-4H3,(H,26,29). The van der Waals surface area contributed by atoms with E-state index in [2.05, 4.69) is 5.32 Å². The first-order valence-corrected chi connectivity index (χ1v) is 11.5. The average molecular weight is 454 g/mol.